The van der Waals surface area contributed by atoms with Crippen LogP contribution in [-0.4, -0.2) is 49.0 Å². The van der Waals surface area contributed by atoms with Gasteiger partial charge in [-0.25, -0.2) is 9.59 Å². The number of amides is 6. The molecule has 1 aromatic carbocycles. The number of benzene rings is 1. The summed E-state index contributed by atoms with van der Waals surface area (Å²) in [7, 11) is 1.49. The summed E-state index contributed by atoms with van der Waals surface area (Å²) in [5.74, 6) is -0.818. The highest BCUT2D eigenvalue weighted by molar-refractivity contribution is 5.96. The van der Waals surface area contributed by atoms with E-state index in [2.05, 4.69) is 0 Å². The average Bonchev–Trinajstić information content (AvgIpc) is 2.45. The zero-order chi connectivity index (χ0) is 18.1. The zero-order valence-electron chi connectivity index (χ0n) is 13.1. The Morgan fingerprint density at radius 2 is 1.50 bits per heavy atom. The van der Waals surface area contributed by atoms with Gasteiger partial charge in [0.05, 0.1) is 20.2 Å². The smallest absolute Gasteiger partial charge is 0.318 e. The predicted molar refractivity (Wildman–Crippen MR) is 83.7 cm³/mol. The fraction of sp³-hybridized carbons (Fsp3) is 0.286. The molecule has 24 heavy (non-hydrogen) atoms. The van der Waals surface area contributed by atoms with Crippen LogP contribution in [0.2, 0.25) is 0 Å². The number of nitrogens with one attached hydrogen (secondary N) is 2. The molecule has 6 amide bonds. The number of urea groups is 2. The lowest BCUT2D eigenvalue weighted by Gasteiger charge is -2.21. The summed E-state index contributed by atoms with van der Waals surface area (Å²) in [5.41, 5.74) is 10.5. The molecule has 6 N–H and O–H groups in total. The van der Waals surface area contributed by atoms with Crippen LogP contribution in [0.1, 0.15) is 5.56 Å². The third-order valence-electron chi connectivity index (χ3n) is 2.85. The lowest BCUT2D eigenvalue weighted by atomic mass is 10.2. The average molecular weight is 337 g/mol. The number of rotatable bonds is 7. The number of carbonyl (C=O) groups is 4. The number of ether oxygens (including phenoxy) is 1. The third-order valence-corrected chi connectivity index (χ3v) is 2.85. The van der Waals surface area contributed by atoms with E-state index >= 15 is 0 Å². The van der Waals surface area contributed by atoms with Crippen LogP contribution in [0.25, 0.3) is 0 Å². The molecule has 0 aliphatic heterocycles. The molecular formula is C14H19N5O5. The summed E-state index contributed by atoms with van der Waals surface area (Å²) in [6, 6.07) is 5.01. The topological polar surface area (TPSA) is 157 Å². The number of nitrogens with two attached hydrogens (primary N) is 2. The van der Waals surface area contributed by atoms with Crippen molar-refractivity contribution in [3.63, 3.8) is 0 Å². The van der Waals surface area contributed by atoms with Gasteiger partial charge in [0.2, 0.25) is 11.8 Å². The Labute approximate surface area is 138 Å². The fourth-order valence-electron chi connectivity index (χ4n) is 2.00. The van der Waals surface area contributed by atoms with E-state index in [9.17, 15) is 19.2 Å². The number of imide groups is 2. The van der Waals surface area contributed by atoms with Gasteiger partial charge in [0, 0.05) is 12.1 Å². The van der Waals surface area contributed by atoms with Gasteiger partial charge in [-0.2, -0.15) is 0 Å². The maximum atomic E-state index is 11.7. The van der Waals surface area contributed by atoms with E-state index in [1.807, 2.05) is 10.6 Å². The van der Waals surface area contributed by atoms with E-state index in [0.29, 0.717) is 11.3 Å². The van der Waals surface area contributed by atoms with Crippen LogP contribution >= 0.6 is 0 Å². The third kappa shape index (κ3) is 6.75. The second-order valence-electron chi connectivity index (χ2n) is 4.78. The number of primary amides is 2. The van der Waals surface area contributed by atoms with Crippen molar-refractivity contribution in [1.82, 2.24) is 15.5 Å². The number of hydrogen-bond acceptors (Lipinski definition) is 6. The molecule has 10 heteroatoms. The van der Waals surface area contributed by atoms with Crippen molar-refractivity contribution in [3.8, 4) is 5.75 Å². The van der Waals surface area contributed by atoms with E-state index in [1.165, 1.54) is 12.0 Å². The summed E-state index contributed by atoms with van der Waals surface area (Å²) < 4.78 is 5.21. The first-order valence-electron chi connectivity index (χ1n) is 6.84. The number of hydrogen-bond donors (Lipinski definition) is 4. The summed E-state index contributed by atoms with van der Waals surface area (Å²) in [5, 5.41) is 3.81. The van der Waals surface area contributed by atoms with Crippen molar-refractivity contribution < 1.29 is 23.9 Å². The van der Waals surface area contributed by atoms with E-state index in [0.717, 1.165) is 0 Å². The SMILES string of the molecule is COc1ccccc1CN(CC(=O)NC(N)=O)CC(=O)NC(N)=O. The van der Waals surface area contributed by atoms with Gasteiger partial charge < -0.3 is 16.2 Å². The quantitative estimate of drug-likeness (QED) is 0.494. The molecule has 0 aliphatic rings. The number of methoxy groups -OCH3 is 1. The molecule has 0 saturated heterocycles. The molecule has 0 aliphatic carbocycles. The Balaban J connectivity index is 2.86. The molecule has 0 saturated carbocycles. The van der Waals surface area contributed by atoms with Crippen LogP contribution in [0.15, 0.2) is 24.3 Å². The highest BCUT2D eigenvalue weighted by Crippen LogP contribution is 2.19. The minimum atomic E-state index is -1.00. The number of nitrogens with zero attached hydrogens (tertiary/aromatic N) is 1. The van der Waals surface area contributed by atoms with Crippen molar-refractivity contribution in [2.24, 2.45) is 11.5 Å². The molecule has 0 bridgehead atoms. The first kappa shape index (κ1) is 18.9. The second-order valence-corrected chi connectivity index (χ2v) is 4.78. The van der Waals surface area contributed by atoms with E-state index < -0.39 is 23.9 Å². The van der Waals surface area contributed by atoms with Crippen molar-refractivity contribution >= 4 is 23.9 Å². The Morgan fingerprint density at radius 3 is 1.96 bits per heavy atom. The van der Waals surface area contributed by atoms with E-state index in [-0.39, 0.29) is 19.6 Å². The normalized spacial score (nSPS) is 10.1. The van der Waals surface area contributed by atoms with Crippen LogP contribution < -0.4 is 26.8 Å². The molecule has 0 heterocycles. The van der Waals surface area contributed by atoms with Crippen LogP contribution in [0.5, 0.6) is 5.75 Å². The fourth-order valence-corrected chi connectivity index (χ4v) is 2.00. The summed E-state index contributed by atoms with van der Waals surface area (Å²) >= 11 is 0. The molecule has 1 aromatic rings. The maximum absolute atomic E-state index is 11.7. The van der Waals surface area contributed by atoms with Gasteiger partial charge in [-0.15, -0.1) is 0 Å². The molecule has 0 fully saturated rings. The second kappa shape index (κ2) is 9.10. The lowest BCUT2D eigenvalue weighted by molar-refractivity contribution is -0.124. The lowest BCUT2D eigenvalue weighted by Crippen LogP contribution is -2.46. The molecule has 10 nitrogen and oxygen atoms in total. The molecule has 1 rings (SSSR count). The molecule has 0 aromatic heterocycles. The molecule has 130 valence electrons. The van der Waals surface area contributed by atoms with Gasteiger partial charge in [-0.1, -0.05) is 18.2 Å². The highest BCUT2D eigenvalue weighted by Gasteiger charge is 2.18. The van der Waals surface area contributed by atoms with Gasteiger partial charge >= 0.3 is 12.1 Å². The first-order valence-corrected chi connectivity index (χ1v) is 6.84. The van der Waals surface area contributed by atoms with Crippen LogP contribution in [0, 0.1) is 0 Å². The van der Waals surface area contributed by atoms with Gasteiger partial charge in [0.15, 0.2) is 0 Å². The molecule has 0 radical (unpaired) electrons. The Hall–Kier alpha value is -3.14. The first-order chi connectivity index (χ1) is 11.3. The molecule has 0 unspecified atom stereocenters. The van der Waals surface area contributed by atoms with Crippen LogP contribution in [0.4, 0.5) is 9.59 Å². The zero-order valence-corrected chi connectivity index (χ0v) is 13.1. The van der Waals surface area contributed by atoms with E-state index in [1.54, 1.807) is 24.3 Å². The van der Waals surface area contributed by atoms with Crippen LogP contribution in [-0.2, 0) is 16.1 Å². The summed E-state index contributed by atoms with van der Waals surface area (Å²) in [6.45, 7) is -0.442. The van der Waals surface area contributed by atoms with Crippen molar-refractivity contribution in [2.45, 2.75) is 6.54 Å². The Kier molecular flexibility index (Phi) is 7.17. The predicted octanol–water partition coefficient (Wildman–Crippen LogP) is -1.11. The maximum Gasteiger partial charge on any atom is 0.318 e. The Morgan fingerprint density at radius 1 is 1.00 bits per heavy atom. The largest absolute Gasteiger partial charge is 0.496 e. The molecule has 0 atom stereocenters. The standard InChI is InChI=1S/C14H19N5O5/c1-24-10-5-3-2-4-9(10)6-19(7-11(20)17-13(15)22)8-12(21)18-14(16)23/h2-5H,6-8H2,1H3,(H3,15,17,20,22)(H3,16,18,21,23). The molecule has 0 spiro atoms. The summed E-state index contributed by atoms with van der Waals surface area (Å²) in [4.78, 5) is 46.3. The molecular weight excluding hydrogens is 318 g/mol. The van der Waals surface area contributed by atoms with Gasteiger partial charge in [0.1, 0.15) is 5.75 Å². The van der Waals surface area contributed by atoms with Gasteiger partial charge in [-0.3, -0.25) is 25.1 Å². The van der Waals surface area contributed by atoms with Crippen molar-refractivity contribution in [1.29, 1.82) is 0 Å². The minimum absolute atomic E-state index is 0.155. The van der Waals surface area contributed by atoms with Crippen molar-refractivity contribution in [2.75, 3.05) is 20.2 Å². The Bertz CT molecular complexity index is 604. The van der Waals surface area contributed by atoms with Gasteiger partial charge in [0.25, 0.3) is 0 Å². The van der Waals surface area contributed by atoms with E-state index in [4.69, 9.17) is 16.2 Å². The number of para-hydroxylation sites is 1. The van der Waals surface area contributed by atoms with Crippen LogP contribution in [0.3, 0.4) is 0 Å². The summed E-state index contributed by atoms with van der Waals surface area (Å²) in [6.07, 6.45) is 0. The monoisotopic (exact) mass is 337 g/mol. The number of carbonyl (C=O) groups excluding carboxylic acids is 4. The van der Waals surface area contributed by atoms with Gasteiger partial charge in [-0.05, 0) is 6.07 Å². The highest BCUT2D eigenvalue weighted by atomic mass is 16.5. The van der Waals surface area contributed by atoms with Crippen molar-refractivity contribution in [3.05, 3.63) is 29.8 Å². The minimum Gasteiger partial charge on any atom is -0.496 e.